The SMILES string of the molecule is CC(C)c1cccc2nc(-c3ccc(F)cc3)oc12. The van der Waals surface area contributed by atoms with E-state index in [1.807, 2.05) is 18.2 Å². The van der Waals surface area contributed by atoms with Gasteiger partial charge in [-0.05, 0) is 41.8 Å². The van der Waals surface area contributed by atoms with Gasteiger partial charge in [-0.25, -0.2) is 9.37 Å². The normalized spacial score (nSPS) is 11.4. The van der Waals surface area contributed by atoms with Gasteiger partial charge in [-0.3, -0.25) is 0 Å². The summed E-state index contributed by atoms with van der Waals surface area (Å²) < 4.78 is 18.8. The lowest BCUT2D eigenvalue weighted by Crippen LogP contribution is -1.86. The summed E-state index contributed by atoms with van der Waals surface area (Å²) in [5.41, 5.74) is 3.58. The number of hydrogen-bond acceptors (Lipinski definition) is 2. The van der Waals surface area contributed by atoms with Crippen LogP contribution in [0.1, 0.15) is 25.3 Å². The van der Waals surface area contributed by atoms with Crippen molar-refractivity contribution in [2.45, 2.75) is 19.8 Å². The number of nitrogens with zero attached hydrogens (tertiary/aromatic N) is 1. The Labute approximate surface area is 110 Å². The molecule has 1 heterocycles. The molecular weight excluding hydrogens is 241 g/mol. The Hall–Kier alpha value is -2.16. The van der Waals surface area contributed by atoms with Crippen LogP contribution in [0.5, 0.6) is 0 Å². The molecule has 96 valence electrons. The third-order valence-electron chi connectivity index (χ3n) is 3.16. The Bertz CT molecular complexity index is 713. The maximum absolute atomic E-state index is 12.9. The first-order chi connectivity index (χ1) is 9.15. The third-order valence-corrected chi connectivity index (χ3v) is 3.16. The number of aromatic nitrogens is 1. The summed E-state index contributed by atoms with van der Waals surface area (Å²) in [6, 6.07) is 12.1. The van der Waals surface area contributed by atoms with Crippen LogP contribution in [-0.2, 0) is 0 Å². The molecule has 0 bridgehead atoms. The lowest BCUT2D eigenvalue weighted by molar-refractivity contribution is 0.609. The summed E-state index contributed by atoms with van der Waals surface area (Å²) in [5.74, 6) is 0.642. The Morgan fingerprint density at radius 1 is 1.05 bits per heavy atom. The van der Waals surface area contributed by atoms with E-state index in [4.69, 9.17) is 4.42 Å². The van der Waals surface area contributed by atoms with Crippen molar-refractivity contribution in [3.8, 4) is 11.5 Å². The summed E-state index contributed by atoms with van der Waals surface area (Å²) in [6.07, 6.45) is 0. The minimum atomic E-state index is -0.261. The van der Waals surface area contributed by atoms with E-state index >= 15 is 0 Å². The van der Waals surface area contributed by atoms with E-state index in [9.17, 15) is 4.39 Å². The van der Waals surface area contributed by atoms with Crippen molar-refractivity contribution in [1.29, 1.82) is 0 Å². The number of fused-ring (bicyclic) bond motifs is 1. The molecule has 0 saturated heterocycles. The molecule has 2 nitrogen and oxygen atoms in total. The maximum atomic E-state index is 12.9. The second-order valence-electron chi connectivity index (χ2n) is 4.88. The number of oxazole rings is 1. The van der Waals surface area contributed by atoms with Crippen molar-refractivity contribution < 1.29 is 8.81 Å². The molecule has 0 fully saturated rings. The molecule has 0 aliphatic carbocycles. The van der Waals surface area contributed by atoms with Gasteiger partial charge in [-0.2, -0.15) is 0 Å². The molecule has 0 saturated carbocycles. The Kier molecular flexibility index (Phi) is 2.82. The van der Waals surface area contributed by atoms with Gasteiger partial charge in [0.2, 0.25) is 5.89 Å². The fraction of sp³-hybridized carbons (Fsp3) is 0.188. The molecular formula is C16H14FNO. The Morgan fingerprint density at radius 2 is 1.79 bits per heavy atom. The summed E-state index contributed by atoms with van der Waals surface area (Å²) in [4.78, 5) is 4.47. The lowest BCUT2D eigenvalue weighted by Gasteiger charge is -2.03. The van der Waals surface area contributed by atoms with Crippen molar-refractivity contribution in [3.05, 3.63) is 53.8 Å². The zero-order valence-electron chi connectivity index (χ0n) is 10.9. The first-order valence-corrected chi connectivity index (χ1v) is 6.30. The van der Waals surface area contributed by atoms with E-state index in [0.717, 1.165) is 22.2 Å². The largest absolute Gasteiger partial charge is 0.436 e. The van der Waals surface area contributed by atoms with Crippen LogP contribution >= 0.6 is 0 Å². The van der Waals surface area contributed by atoms with Gasteiger partial charge in [0.15, 0.2) is 5.58 Å². The number of halogens is 1. The molecule has 0 unspecified atom stereocenters. The second-order valence-corrected chi connectivity index (χ2v) is 4.88. The highest BCUT2D eigenvalue weighted by Gasteiger charge is 2.13. The molecule has 0 radical (unpaired) electrons. The van der Waals surface area contributed by atoms with Crippen LogP contribution in [-0.4, -0.2) is 4.98 Å². The van der Waals surface area contributed by atoms with E-state index in [-0.39, 0.29) is 5.82 Å². The van der Waals surface area contributed by atoms with Gasteiger partial charge in [0.25, 0.3) is 0 Å². The van der Waals surface area contributed by atoms with Crippen LogP contribution in [0.2, 0.25) is 0 Å². The second kappa shape index (κ2) is 4.50. The molecule has 2 aromatic carbocycles. The summed E-state index contributed by atoms with van der Waals surface area (Å²) >= 11 is 0. The first kappa shape index (κ1) is 11.9. The lowest BCUT2D eigenvalue weighted by atomic mass is 10.0. The van der Waals surface area contributed by atoms with Gasteiger partial charge in [0, 0.05) is 5.56 Å². The van der Waals surface area contributed by atoms with E-state index in [2.05, 4.69) is 18.8 Å². The highest BCUT2D eigenvalue weighted by molar-refractivity contribution is 5.79. The molecule has 19 heavy (non-hydrogen) atoms. The Balaban J connectivity index is 2.16. The van der Waals surface area contributed by atoms with Crippen LogP contribution in [0.25, 0.3) is 22.6 Å². The quantitative estimate of drug-likeness (QED) is 0.660. The van der Waals surface area contributed by atoms with Gasteiger partial charge < -0.3 is 4.42 Å². The van der Waals surface area contributed by atoms with Crippen molar-refractivity contribution in [2.24, 2.45) is 0 Å². The third kappa shape index (κ3) is 2.12. The fourth-order valence-corrected chi connectivity index (χ4v) is 2.14. The monoisotopic (exact) mass is 255 g/mol. The van der Waals surface area contributed by atoms with Gasteiger partial charge in [0.1, 0.15) is 11.3 Å². The average molecular weight is 255 g/mol. The number of para-hydroxylation sites is 1. The van der Waals surface area contributed by atoms with Gasteiger partial charge in [0.05, 0.1) is 0 Å². The molecule has 1 aromatic heterocycles. The Morgan fingerprint density at radius 3 is 2.47 bits per heavy atom. The summed E-state index contributed by atoms with van der Waals surface area (Å²) in [5, 5.41) is 0. The van der Waals surface area contributed by atoms with Crippen LogP contribution in [0.3, 0.4) is 0 Å². The van der Waals surface area contributed by atoms with E-state index < -0.39 is 0 Å². The number of hydrogen-bond donors (Lipinski definition) is 0. The molecule has 0 N–H and O–H groups in total. The maximum Gasteiger partial charge on any atom is 0.227 e. The standard InChI is InChI=1S/C16H14FNO/c1-10(2)13-4-3-5-14-15(13)19-16(18-14)11-6-8-12(17)9-7-11/h3-10H,1-2H3. The summed E-state index contributed by atoms with van der Waals surface area (Å²) in [7, 11) is 0. The highest BCUT2D eigenvalue weighted by atomic mass is 19.1. The van der Waals surface area contributed by atoms with Crippen molar-refractivity contribution in [3.63, 3.8) is 0 Å². The van der Waals surface area contributed by atoms with E-state index in [1.54, 1.807) is 12.1 Å². The number of rotatable bonds is 2. The zero-order chi connectivity index (χ0) is 13.4. The van der Waals surface area contributed by atoms with Crippen LogP contribution in [0.4, 0.5) is 4.39 Å². The first-order valence-electron chi connectivity index (χ1n) is 6.30. The molecule has 0 atom stereocenters. The predicted octanol–water partition coefficient (Wildman–Crippen LogP) is 4.76. The molecule has 0 spiro atoms. The predicted molar refractivity (Wildman–Crippen MR) is 73.5 cm³/mol. The smallest absolute Gasteiger partial charge is 0.227 e. The van der Waals surface area contributed by atoms with E-state index in [0.29, 0.717) is 11.8 Å². The zero-order valence-corrected chi connectivity index (χ0v) is 10.9. The topological polar surface area (TPSA) is 26.0 Å². The average Bonchev–Trinajstić information content (AvgIpc) is 2.82. The van der Waals surface area contributed by atoms with Crippen LogP contribution < -0.4 is 0 Å². The van der Waals surface area contributed by atoms with Crippen molar-refractivity contribution >= 4 is 11.1 Å². The molecule has 0 amide bonds. The molecule has 0 aliphatic heterocycles. The van der Waals surface area contributed by atoms with Crippen LogP contribution in [0.15, 0.2) is 46.9 Å². The minimum absolute atomic E-state index is 0.261. The van der Waals surface area contributed by atoms with Gasteiger partial charge >= 0.3 is 0 Å². The number of benzene rings is 2. The molecule has 0 aliphatic rings. The van der Waals surface area contributed by atoms with Crippen molar-refractivity contribution in [2.75, 3.05) is 0 Å². The minimum Gasteiger partial charge on any atom is -0.436 e. The fourth-order valence-electron chi connectivity index (χ4n) is 2.14. The van der Waals surface area contributed by atoms with Gasteiger partial charge in [-0.1, -0.05) is 26.0 Å². The van der Waals surface area contributed by atoms with Crippen LogP contribution in [0, 0.1) is 5.82 Å². The van der Waals surface area contributed by atoms with E-state index in [1.165, 1.54) is 12.1 Å². The molecule has 3 heteroatoms. The van der Waals surface area contributed by atoms with Crippen molar-refractivity contribution in [1.82, 2.24) is 4.98 Å². The molecule has 3 rings (SSSR count). The highest BCUT2D eigenvalue weighted by Crippen LogP contribution is 2.29. The summed E-state index contributed by atoms with van der Waals surface area (Å²) in [6.45, 7) is 4.24. The molecule has 3 aromatic rings. The van der Waals surface area contributed by atoms with Gasteiger partial charge in [-0.15, -0.1) is 0 Å².